The number of benzene rings is 1. The normalized spacial score (nSPS) is 9.91. The van der Waals surface area contributed by atoms with Crippen LogP contribution in [0.25, 0.3) is 0 Å². The number of ether oxygens (including phenoxy) is 1. The molecule has 0 atom stereocenters. The average molecular weight is 342 g/mol. The van der Waals surface area contributed by atoms with E-state index in [2.05, 4.69) is 17.2 Å². The van der Waals surface area contributed by atoms with Gasteiger partial charge < -0.3 is 15.8 Å². The Hall–Kier alpha value is -1.63. The molecule has 1 heterocycles. The molecule has 1 amide bonds. The van der Waals surface area contributed by atoms with Crippen LogP contribution in [0.15, 0.2) is 29.6 Å². The summed E-state index contributed by atoms with van der Waals surface area (Å²) in [5.74, 6) is 0.422. The number of aromatic nitrogens is 1. The Morgan fingerprint density at radius 1 is 1.41 bits per heavy atom. The number of rotatable bonds is 7. The number of nitrogens with zero attached hydrogens (tertiary/aromatic N) is 1. The quantitative estimate of drug-likeness (QED) is 0.756. The van der Waals surface area contributed by atoms with E-state index in [1.807, 2.05) is 24.3 Å². The topological polar surface area (TPSA) is 77.2 Å². The van der Waals surface area contributed by atoms with Crippen molar-refractivity contribution in [2.24, 2.45) is 5.73 Å². The third-order valence-corrected chi connectivity index (χ3v) is 3.72. The molecular formula is C15H20ClN3O2S. The molecule has 120 valence electrons. The Morgan fingerprint density at radius 3 is 2.86 bits per heavy atom. The van der Waals surface area contributed by atoms with Gasteiger partial charge in [0, 0.05) is 11.9 Å². The van der Waals surface area contributed by atoms with Crippen LogP contribution in [0, 0.1) is 0 Å². The fourth-order valence-corrected chi connectivity index (χ4v) is 2.37. The van der Waals surface area contributed by atoms with Crippen molar-refractivity contribution in [1.82, 2.24) is 4.98 Å². The number of anilines is 1. The van der Waals surface area contributed by atoms with E-state index in [9.17, 15) is 4.79 Å². The molecule has 22 heavy (non-hydrogen) atoms. The van der Waals surface area contributed by atoms with E-state index >= 15 is 0 Å². The number of unbranched alkanes of at least 4 members (excludes halogenated alkanes) is 1. The van der Waals surface area contributed by atoms with Gasteiger partial charge in [0.15, 0.2) is 0 Å². The summed E-state index contributed by atoms with van der Waals surface area (Å²) in [6.07, 6.45) is 2.05. The summed E-state index contributed by atoms with van der Waals surface area (Å²) in [5.41, 5.74) is 6.54. The molecule has 1 aromatic carbocycles. The molecule has 7 heteroatoms. The molecular weight excluding hydrogens is 322 g/mol. The van der Waals surface area contributed by atoms with Gasteiger partial charge in [0.05, 0.1) is 12.3 Å². The molecule has 0 aliphatic carbocycles. The highest BCUT2D eigenvalue weighted by molar-refractivity contribution is 7.09. The Labute approximate surface area is 140 Å². The van der Waals surface area contributed by atoms with Gasteiger partial charge in [-0.25, -0.2) is 4.98 Å². The number of carbonyl (C=O) groups is 1. The maximum atomic E-state index is 12.2. The van der Waals surface area contributed by atoms with Crippen molar-refractivity contribution < 1.29 is 9.53 Å². The smallest absolute Gasteiger partial charge is 0.275 e. The maximum absolute atomic E-state index is 12.2. The van der Waals surface area contributed by atoms with E-state index in [1.165, 1.54) is 11.3 Å². The summed E-state index contributed by atoms with van der Waals surface area (Å²) < 4.78 is 5.69. The third kappa shape index (κ3) is 4.98. The first kappa shape index (κ1) is 18.4. The van der Waals surface area contributed by atoms with Crippen LogP contribution in [0.4, 0.5) is 5.69 Å². The van der Waals surface area contributed by atoms with E-state index < -0.39 is 0 Å². The molecule has 0 spiro atoms. The summed E-state index contributed by atoms with van der Waals surface area (Å²) >= 11 is 1.38. The number of para-hydroxylation sites is 2. The number of amides is 1. The molecule has 0 fully saturated rings. The zero-order valence-corrected chi connectivity index (χ0v) is 14.0. The van der Waals surface area contributed by atoms with Gasteiger partial charge in [-0.3, -0.25) is 4.79 Å². The molecule has 0 unspecified atom stereocenters. The van der Waals surface area contributed by atoms with Crippen molar-refractivity contribution in [2.45, 2.75) is 26.3 Å². The first-order chi connectivity index (χ1) is 10.2. The lowest BCUT2D eigenvalue weighted by Gasteiger charge is -2.11. The highest BCUT2D eigenvalue weighted by Gasteiger charge is 2.12. The van der Waals surface area contributed by atoms with Crippen LogP contribution in [0.3, 0.4) is 0 Å². The van der Waals surface area contributed by atoms with Gasteiger partial charge in [0.25, 0.3) is 5.91 Å². The second-order valence-electron chi connectivity index (χ2n) is 4.48. The minimum atomic E-state index is -0.252. The van der Waals surface area contributed by atoms with Gasteiger partial charge in [-0.05, 0) is 18.6 Å². The zero-order chi connectivity index (χ0) is 15.1. The largest absolute Gasteiger partial charge is 0.491 e. The van der Waals surface area contributed by atoms with E-state index in [0.29, 0.717) is 30.3 Å². The summed E-state index contributed by atoms with van der Waals surface area (Å²) in [5, 5.41) is 5.28. The minimum Gasteiger partial charge on any atom is -0.491 e. The Kier molecular flexibility index (Phi) is 7.87. The monoisotopic (exact) mass is 341 g/mol. The standard InChI is InChI=1S/C15H19N3O2S.ClH/c1-2-3-8-20-13-7-5-4-6-11(13)18-15(19)12-10-21-14(9-16)17-12;/h4-7,10H,2-3,8-9,16H2,1H3,(H,18,19);1H. The van der Waals surface area contributed by atoms with Crippen molar-refractivity contribution in [1.29, 1.82) is 0 Å². The fourth-order valence-electron chi connectivity index (χ4n) is 1.72. The summed E-state index contributed by atoms with van der Waals surface area (Å²) in [4.78, 5) is 16.3. The van der Waals surface area contributed by atoms with Crippen molar-refractivity contribution in [3.63, 3.8) is 0 Å². The minimum absolute atomic E-state index is 0. The van der Waals surface area contributed by atoms with E-state index in [4.69, 9.17) is 10.5 Å². The number of carbonyl (C=O) groups excluding carboxylic acids is 1. The Balaban J connectivity index is 0.00000242. The molecule has 0 aliphatic rings. The van der Waals surface area contributed by atoms with Crippen molar-refractivity contribution in [3.05, 3.63) is 40.3 Å². The molecule has 0 radical (unpaired) electrons. The first-order valence-corrected chi connectivity index (χ1v) is 7.80. The average Bonchev–Trinajstić information content (AvgIpc) is 2.98. The molecule has 2 rings (SSSR count). The summed E-state index contributed by atoms with van der Waals surface area (Å²) in [6.45, 7) is 3.08. The summed E-state index contributed by atoms with van der Waals surface area (Å²) in [6, 6.07) is 7.40. The lowest BCUT2D eigenvalue weighted by Crippen LogP contribution is -2.14. The highest BCUT2D eigenvalue weighted by Crippen LogP contribution is 2.24. The molecule has 2 aromatic rings. The maximum Gasteiger partial charge on any atom is 0.275 e. The number of hydrogen-bond donors (Lipinski definition) is 2. The number of thiazole rings is 1. The Morgan fingerprint density at radius 2 is 2.18 bits per heavy atom. The third-order valence-electron chi connectivity index (χ3n) is 2.85. The number of hydrogen-bond acceptors (Lipinski definition) is 5. The predicted molar refractivity (Wildman–Crippen MR) is 92.1 cm³/mol. The molecule has 3 N–H and O–H groups in total. The van der Waals surface area contributed by atoms with E-state index in [1.54, 1.807) is 5.38 Å². The second kappa shape index (κ2) is 9.40. The molecule has 0 saturated heterocycles. The predicted octanol–water partition coefficient (Wildman–Crippen LogP) is 3.45. The van der Waals surface area contributed by atoms with Gasteiger partial charge >= 0.3 is 0 Å². The molecule has 0 bridgehead atoms. The SMILES string of the molecule is CCCCOc1ccccc1NC(=O)c1csc(CN)n1.Cl. The molecule has 0 aliphatic heterocycles. The van der Waals surface area contributed by atoms with Gasteiger partial charge in [0.2, 0.25) is 0 Å². The molecule has 5 nitrogen and oxygen atoms in total. The lowest BCUT2D eigenvalue weighted by atomic mass is 10.2. The zero-order valence-electron chi connectivity index (χ0n) is 12.4. The summed E-state index contributed by atoms with van der Waals surface area (Å²) in [7, 11) is 0. The second-order valence-corrected chi connectivity index (χ2v) is 5.43. The molecule has 1 aromatic heterocycles. The van der Waals surface area contributed by atoms with Crippen LogP contribution < -0.4 is 15.8 Å². The van der Waals surface area contributed by atoms with Crippen LogP contribution in [0.2, 0.25) is 0 Å². The fraction of sp³-hybridized carbons (Fsp3) is 0.333. The number of halogens is 1. The first-order valence-electron chi connectivity index (χ1n) is 6.92. The van der Waals surface area contributed by atoms with Crippen molar-refractivity contribution in [2.75, 3.05) is 11.9 Å². The van der Waals surface area contributed by atoms with Gasteiger partial charge in [-0.15, -0.1) is 23.7 Å². The van der Waals surface area contributed by atoms with Crippen LogP contribution >= 0.6 is 23.7 Å². The van der Waals surface area contributed by atoms with Crippen LogP contribution in [0.5, 0.6) is 5.75 Å². The van der Waals surface area contributed by atoms with Gasteiger partial charge in [0.1, 0.15) is 16.5 Å². The van der Waals surface area contributed by atoms with Crippen LogP contribution in [-0.2, 0) is 6.54 Å². The highest BCUT2D eigenvalue weighted by atomic mass is 35.5. The van der Waals surface area contributed by atoms with Gasteiger partial charge in [-0.1, -0.05) is 25.5 Å². The molecule has 0 saturated carbocycles. The Bertz CT molecular complexity index is 604. The van der Waals surface area contributed by atoms with E-state index in [0.717, 1.165) is 17.8 Å². The number of nitrogens with two attached hydrogens (primary N) is 1. The number of nitrogens with one attached hydrogen (secondary N) is 1. The van der Waals surface area contributed by atoms with E-state index in [-0.39, 0.29) is 18.3 Å². The van der Waals surface area contributed by atoms with Crippen LogP contribution in [0.1, 0.15) is 35.3 Å². The van der Waals surface area contributed by atoms with Gasteiger partial charge in [-0.2, -0.15) is 0 Å². The van der Waals surface area contributed by atoms with Crippen molar-refractivity contribution >= 4 is 35.3 Å². The van der Waals surface area contributed by atoms with Crippen LogP contribution in [-0.4, -0.2) is 17.5 Å². The van der Waals surface area contributed by atoms with Crippen molar-refractivity contribution in [3.8, 4) is 5.75 Å². The lowest BCUT2D eigenvalue weighted by molar-refractivity contribution is 0.102.